The van der Waals surface area contributed by atoms with Crippen LogP contribution in [0.2, 0.25) is 5.02 Å². The Labute approximate surface area is 119 Å². The normalized spacial score (nSPS) is 10.3. The maximum atomic E-state index is 13.5. The van der Waals surface area contributed by atoms with E-state index >= 15 is 0 Å². The Hall–Kier alpha value is -2.27. The predicted octanol–water partition coefficient (Wildman–Crippen LogP) is 3.81. The number of benzene rings is 2. The molecule has 0 spiro atoms. The molecule has 20 heavy (non-hydrogen) atoms. The van der Waals surface area contributed by atoms with Crippen molar-refractivity contribution in [2.45, 2.75) is 6.42 Å². The van der Waals surface area contributed by atoms with Gasteiger partial charge in [0, 0.05) is 12.5 Å². The van der Waals surface area contributed by atoms with E-state index in [2.05, 4.69) is 0 Å². The molecule has 0 amide bonds. The van der Waals surface area contributed by atoms with Gasteiger partial charge in [-0.05, 0) is 17.7 Å². The standard InChI is InChI=1S/C14H9ClFNO3/c15-10-5-3-7-12(17(19)20)14(10)13(18)8-9-4-1-2-6-11(9)16/h1-7H,8H2. The van der Waals surface area contributed by atoms with Crippen LogP contribution in [0.25, 0.3) is 0 Å². The third-order valence-corrected chi connectivity index (χ3v) is 3.09. The van der Waals surface area contributed by atoms with E-state index in [1.165, 1.54) is 36.4 Å². The van der Waals surface area contributed by atoms with E-state index in [4.69, 9.17) is 11.6 Å². The van der Waals surface area contributed by atoms with Crippen LogP contribution in [0, 0.1) is 15.9 Å². The van der Waals surface area contributed by atoms with Gasteiger partial charge in [-0.3, -0.25) is 14.9 Å². The maximum absolute atomic E-state index is 13.5. The molecular formula is C14H9ClFNO3. The number of hydrogen-bond acceptors (Lipinski definition) is 3. The Morgan fingerprint density at radius 2 is 1.90 bits per heavy atom. The Balaban J connectivity index is 2.40. The number of carbonyl (C=O) groups is 1. The van der Waals surface area contributed by atoms with Crippen molar-refractivity contribution in [2.75, 3.05) is 0 Å². The van der Waals surface area contributed by atoms with Crippen molar-refractivity contribution < 1.29 is 14.1 Å². The van der Waals surface area contributed by atoms with E-state index in [-0.39, 0.29) is 28.3 Å². The van der Waals surface area contributed by atoms with Crippen molar-refractivity contribution in [1.82, 2.24) is 0 Å². The Kier molecular flexibility index (Phi) is 4.10. The quantitative estimate of drug-likeness (QED) is 0.489. The Morgan fingerprint density at radius 3 is 2.55 bits per heavy atom. The van der Waals surface area contributed by atoms with Crippen molar-refractivity contribution >= 4 is 23.1 Å². The molecule has 0 radical (unpaired) electrons. The van der Waals surface area contributed by atoms with Gasteiger partial charge in [0.05, 0.1) is 9.95 Å². The lowest BCUT2D eigenvalue weighted by atomic mass is 10.0. The first kappa shape index (κ1) is 14.1. The van der Waals surface area contributed by atoms with Gasteiger partial charge in [0.1, 0.15) is 11.4 Å². The third-order valence-electron chi connectivity index (χ3n) is 2.78. The summed E-state index contributed by atoms with van der Waals surface area (Å²) in [5.41, 5.74) is -0.395. The molecule has 0 saturated heterocycles. The molecule has 0 aliphatic heterocycles. The summed E-state index contributed by atoms with van der Waals surface area (Å²) in [6.07, 6.45) is -0.281. The average molecular weight is 294 g/mol. The molecule has 0 bridgehead atoms. The highest BCUT2D eigenvalue weighted by atomic mass is 35.5. The molecule has 2 rings (SSSR count). The fourth-order valence-corrected chi connectivity index (χ4v) is 2.12. The van der Waals surface area contributed by atoms with E-state index in [1.807, 2.05) is 0 Å². The molecule has 0 saturated carbocycles. The first-order valence-corrected chi connectivity index (χ1v) is 6.08. The van der Waals surface area contributed by atoms with Gasteiger partial charge in [0.25, 0.3) is 5.69 Å². The summed E-state index contributed by atoms with van der Waals surface area (Å²) in [7, 11) is 0. The molecule has 6 heteroatoms. The van der Waals surface area contributed by atoms with Crippen molar-refractivity contribution in [3.05, 3.63) is 74.5 Å². The number of ketones is 1. The molecule has 0 unspecified atom stereocenters. The van der Waals surface area contributed by atoms with Crippen LogP contribution in [0.15, 0.2) is 42.5 Å². The second-order valence-electron chi connectivity index (χ2n) is 4.08. The Morgan fingerprint density at radius 1 is 1.20 bits per heavy atom. The fourth-order valence-electron chi connectivity index (χ4n) is 1.84. The van der Waals surface area contributed by atoms with Crippen molar-refractivity contribution in [2.24, 2.45) is 0 Å². The van der Waals surface area contributed by atoms with Gasteiger partial charge >= 0.3 is 0 Å². The van der Waals surface area contributed by atoms with Crippen LogP contribution >= 0.6 is 11.6 Å². The summed E-state index contributed by atoms with van der Waals surface area (Å²) in [5.74, 6) is -1.12. The monoisotopic (exact) mass is 293 g/mol. The van der Waals surface area contributed by atoms with Gasteiger partial charge in [0.15, 0.2) is 5.78 Å². The first-order valence-electron chi connectivity index (χ1n) is 5.70. The van der Waals surface area contributed by atoms with Gasteiger partial charge in [-0.15, -0.1) is 0 Å². The van der Waals surface area contributed by atoms with E-state index < -0.39 is 16.5 Å². The summed E-state index contributed by atoms with van der Waals surface area (Å²) in [6, 6.07) is 9.75. The number of Topliss-reactive ketones (excluding diaryl/α,β-unsaturated/α-hetero) is 1. The lowest BCUT2D eigenvalue weighted by Crippen LogP contribution is -2.09. The topological polar surface area (TPSA) is 60.2 Å². The van der Waals surface area contributed by atoms with Crippen LogP contribution in [0.1, 0.15) is 15.9 Å². The predicted molar refractivity (Wildman–Crippen MR) is 72.5 cm³/mol. The molecule has 2 aromatic rings. The number of halogens is 2. The second kappa shape index (κ2) is 5.79. The number of nitro groups is 1. The minimum Gasteiger partial charge on any atom is -0.293 e. The van der Waals surface area contributed by atoms with E-state index in [0.717, 1.165) is 0 Å². The van der Waals surface area contributed by atoms with Crippen molar-refractivity contribution in [3.8, 4) is 0 Å². The van der Waals surface area contributed by atoms with E-state index in [0.29, 0.717) is 0 Å². The molecule has 0 N–H and O–H groups in total. The van der Waals surface area contributed by atoms with Gasteiger partial charge in [-0.25, -0.2) is 4.39 Å². The number of rotatable bonds is 4. The minimum atomic E-state index is -0.680. The average Bonchev–Trinajstić information content (AvgIpc) is 2.40. The highest BCUT2D eigenvalue weighted by Crippen LogP contribution is 2.27. The molecule has 0 heterocycles. The lowest BCUT2D eigenvalue weighted by Gasteiger charge is -2.05. The summed E-state index contributed by atoms with van der Waals surface area (Å²) >= 11 is 5.86. The minimum absolute atomic E-state index is 0.0134. The molecular weight excluding hydrogens is 285 g/mol. The Bertz CT molecular complexity index is 688. The van der Waals surface area contributed by atoms with Crippen LogP contribution in [0.4, 0.5) is 10.1 Å². The molecule has 102 valence electrons. The summed E-state index contributed by atoms with van der Waals surface area (Å²) in [4.78, 5) is 22.4. The summed E-state index contributed by atoms with van der Waals surface area (Å²) < 4.78 is 13.5. The first-order chi connectivity index (χ1) is 9.50. The molecule has 2 aromatic carbocycles. The number of hydrogen-bond donors (Lipinski definition) is 0. The number of carbonyl (C=O) groups excluding carboxylic acids is 1. The summed E-state index contributed by atoms with van der Waals surface area (Å²) in [6.45, 7) is 0. The zero-order chi connectivity index (χ0) is 14.7. The van der Waals surface area contributed by atoms with E-state index in [9.17, 15) is 19.3 Å². The second-order valence-corrected chi connectivity index (χ2v) is 4.49. The van der Waals surface area contributed by atoms with Crippen LogP contribution in [-0.4, -0.2) is 10.7 Å². The number of nitrogens with zero attached hydrogens (tertiary/aromatic N) is 1. The van der Waals surface area contributed by atoms with Gasteiger partial charge in [-0.2, -0.15) is 0 Å². The largest absolute Gasteiger partial charge is 0.293 e. The molecule has 0 fully saturated rings. The highest BCUT2D eigenvalue weighted by Gasteiger charge is 2.23. The van der Waals surface area contributed by atoms with Crippen LogP contribution in [-0.2, 0) is 6.42 Å². The fraction of sp³-hybridized carbons (Fsp3) is 0.0714. The molecule has 0 aromatic heterocycles. The van der Waals surface area contributed by atoms with Crippen LogP contribution in [0.3, 0.4) is 0 Å². The molecule has 4 nitrogen and oxygen atoms in total. The van der Waals surface area contributed by atoms with Crippen molar-refractivity contribution in [3.63, 3.8) is 0 Å². The van der Waals surface area contributed by atoms with Crippen LogP contribution < -0.4 is 0 Å². The third kappa shape index (κ3) is 2.83. The van der Waals surface area contributed by atoms with Gasteiger partial charge in [-0.1, -0.05) is 35.9 Å². The van der Waals surface area contributed by atoms with E-state index in [1.54, 1.807) is 6.07 Å². The smallest absolute Gasteiger partial charge is 0.281 e. The maximum Gasteiger partial charge on any atom is 0.281 e. The SMILES string of the molecule is O=C(Cc1ccccc1F)c1c(Cl)cccc1[N+](=O)[O-]. The van der Waals surface area contributed by atoms with Crippen LogP contribution in [0.5, 0.6) is 0 Å². The highest BCUT2D eigenvalue weighted by molar-refractivity contribution is 6.34. The van der Waals surface area contributed by atoms with Gasteiger partial charge < -0.3 is 0 Å². The van der Waals surface area contributed by atoms with Gasteiger partial charge in [0.2, 0.25) is 0 Å². The molecule has 0 aliphatic rings. The molecule has 0 aliphatic carbocycles. The lowest BCUT2D eigenvalue weighted by molar-refractivity contribution is -0.385. The zero-order valence-corrected chi connectivity index (χ0v) is 10.9. The number of nitro benzene ring substituents is 1. The summed E-state index contributed by atoms with van der Waals surface area (Å²) in [5, 5.41) is 10.9. The molecule has 0 atom stereocenters. The van der Waals surface area contributed by atoms with Crippen molar-refractivity contribution in [1.29, 1.82) is 0 Å². The zero-order valence-electron chi connectivity index (χ0n) is 10.2.